The van der Waals surface area contributed by atoms with Gasteiger partial charge in [-0.3, -0.25) is 14.7 Å². The lowest BCUT2D eigenvalue weighted by Gasteiger charge is -2.33. The van der Waals surface area contributed by atoms with Gasteiger partial charge in [-0.15, -0.1) is 0 Å². The van der Waals surface area contributed by atoms with Crippen LogP contribution in [-0.4, -0.2) is 52.7 Å². The number of nitrogens with zero attached hydrogens (tertiary/aromatic N) is 4. The number of benzene rings is 3. The molecule has 2 aliphatic heterocycles. The molecule has 1 fully saturated rings. The molecule has 0 saturated carbocycles. The van der Waals surface area contributed by atoms with E-state index in [1.165, 1.54) is 29.8 Å². The lowest BCUT2D eigenvalue weighted by atomic mass is 9.82. The zero-order chi connectivity index (χ0) is 30.0. The van der Waals surface area contributed by atoms with Crippen LogP contribution in [-0.2, 0) is 10.3 Å². The third kappa shape index (κ3) is 5.71. The van der Waals surface area contributed by atoms with E-state index in [0.29, 0.717) is 41.5 Å². The maximum atomic E-state index is 14.5. The first-order valence-electron chi connectivity index (χ1n) is 14.7. The van der Waals surface area contributed by atoms with Gasteiger partial charge in [0.2, 0.25) is 0 Å². The van der Waals surface area contributed by atoms with E-state index in [1.54, 1.807) is 53.6 Å². The van der Waals surface area contributed by atoms with Crippen molar-refractivity contribution >= 4 is 11.7 Å². The fourth-order valence-corrected chi connectivity index (χ4v) is 6.40. The molecule has 1 aromatic heterocycles. The first-order valence-corrected chi connectivity index (χ1v) is 14.7. The Hall–Kier alpha value is -4.30. The molecule has 0 unspecified atom stereocenters. The van der Waals surface area contributed by atoms with Crippen LogP contribution in [0, 0.1) is 24.4 Å². The van der Waals surface area contributed by atoms with Crippen molar-refractivity contribution in [1.82, 2.24) is 14.8 Å². The van der Waals surface area contributed by atoms with Gasteiger partial charge in [0.05, 0.1) is 0 Å². The topological polar surface area (TPSA) is 48.8 Å². The van der Waals surface area contributed by atoms with Crippen LogP contribution in [0.25, 0.3) is 0 Å². The van der Waals surface area contributed by atoms with E-state index in [0.717, 1.165) is 38.0 Å². The van der Waals surface area contributed by atoms with Crippen molar-refractivity contribution in [2.75, 3.05) is 26.2 Å². The van der Waals surface area contributed by atoms with Crippen LogP contribution >= 0.6 is 0 Å². The van der Waals surface area contributed by atoms with Crippen molar-refractivity contribution in [1.29, 1.82) is 0 Å². The van der Waals surface area contributed by atoms with Crippen molar-refractivity contribution < 1.29 is 18.0 Å². The summed E-state index contributed by atoms with van der Waals surface area (Å²) >= 11 is 0. The summed E-state index contributed by atoms with van der Waals surface area (Å²) in [6.45, 7) is 5.03. The predicted octanol–water partition coefficient (Wildman–Crippen LogP) is 6.61. The van der Waals surface area contributed by atoms with Crippen LogP contribution in [0.1, 0.15) is 53.1 Å². The predicted molar refractivity (Wildman–Crippen MR) is 160 cm³/mol. The van der Waals surface area contributed by atoms with Gasteiger partial charge in [0, 0.05) is 12.7 Å². The summed E-state index contributed by atoms with van der Waals surface area (Å²) in [7, 11) is 0. The third-order valence-corrected chi connectivity index (χ3v) is 8.62. The van der Waals surface area contributed by atoms with Crippen LogP contribution in [0.4, 0.5) is 13.2 Å². The number of carbonyl (C=O) groups excluding carboxylic acids is 1. The Bertz CT molecular complexity index is 1570. The number of pyridine rings is 1. The molecule has 0 aliphatic carbocycles. The van der Waals surface area contributed by atoms with Gasteiger partial charge < -0.3 is 4.90 Å². The van der Waals surface area contributed by atoms with Gasteiger partial charge in [0.1, 0.15) is 23.1 Å². The molecule has 0 radical (unpaired) electrons. The Morgan fingerprint density at radius 3 is 2.02 bits per heavy atom. The molecule has 1 saturated heterocycles. The Morgan fingerprint density at radius 1 is 0.814 bits per heavy atom. The highest BCUT2D eigenvalue weighted by Crippen LogP contribution is 2.41. The van der Waals surface area contributed by atoms with Crippen LogP contribution < -0.4 is 0 Å². The third-order valence-electron chi connectivity index (χ3n) is 8.62. The first kappa shape index (κ1) is 28.8. The fourth-order valence-electron chi connectivity index (χ4n) is 6.40. The standard InChI is InChI=1S/C35H33F3N4O/c1-24-23-30(38)14-15-31(24)25-16-21-41(22-17-25)19-4-20-42-33(32-5-2-3-18-39-32)40-35(34(42)43,26-6-10-28(36)11-7-26)27-8-12-29(37)13-9-27/h2-3,5-15,18,23,25H,4,16-17,19-22H2,1H3. The number of aromatic nitrogens is 1. The number of rotatable bonds is 8. The molecule has 0 N–H and O–H groups in total. The van der Waals surface area contributed by atoms with E-state index in [4.69, 9.17) is 4.99 Å². The van der Waals surface area contributed by atoms with Crippen LogP contribution in [0.2, 0.25) is 0 Å². The number of likely N-dealkylation sites (tertiary alicyclic amines) is 1. The molecular weight excluding hydrogens is 549 g/mol. The molecule has 2 aliphatic rings. The van der Waals surface area contributed by atoms with E-state index in [-0.39, 0.29) is 11.7 Å². The lowest BCUT2D eigenvalue weighted by Crippen LogP contribution is -2.43. The van der Waals surface area contributed by atoms with E-state index >= 15 is 0 Å². The molecule has 8 heteroatoms. The molecule has 220 valence electrons. The van der Waals surface area contributed by atoms with E-state index < -0.39 is 17.2 Å². The van der Waals surface area contributed by atoms with Gasteiger partial charge in [0.15, 0.2) is 11.4 Å². The Kier molecular flexibility index (Phi) is 8.13. The average Bonchev–Trinajstić information content (AvgIpc) is 3.31. The van der Waals surface area contributed by atoms with Crippen molar-refractivity contribution in [2.24, 2.45) is 4.99 Å². The summed E-state index contributed by atoms with van der Waals surface area (Å²) in [5.41, 5.74) is 2.27. The largest absolute Gasteiger partial charge is 0.303 e. The summed E-state index contributed by atoms with van der Waals surface area (Å²) in [5.74, 6) is -0.486. The number of halogens is 3. The van der Waals surface area contributed by atoms with E-state index in [1.807, 2.05) is 25.1 Å². The minimum Gasteiger partial charge on any atom is -0.303 e. The number of aliphatic imine (C=N–C) groups is 1. The van der Waals surface area contributed by atoms with Crippen molar-refractivity contribution in [3.05, 3.63) is 137 Å². The van der Waals surface area contributed by atoms with Gasteiger partial charge >= 0.3 is 0 Å². The molecule has 3 aromatic carbocycles. The number of amides is 1. The van der Waals surface area contributed by atoms with E-state index in [2.05, 4.69) is 9.88 Å². The van der Waals surface area contributed by atoms with Crippen molar-refractivity contribution in [3.8, 4) is 0 Å². The van der Waals surface area contributed by atoms with Crippen molar-refractivity contribution in [2.45, 2.75) is 37.6 Å². The average molecular weight is 583 g/mol. The zero-order valence-corrected chi connectivity index (χ0v) is 24.0. The van der Waals surface area contributed by atoms with Gasteiger partial charge in [-0.2, -0.15) is 0 Å². The van der Waals surface area contributed by atoms with Gasteiger partial charge in [-0.1, -0.05) is 36.4 Å². The number of carbonyl (C=O) groups is 1. The Morgan fingerprint density at radius 2 is 1.44 bits per heavy atom. The molecule has 0 atom stereocenters. The number of hydrogen-bond acceptors (Lipinski definition) is 4. The summed E-state index contributed by atoms with van der Waals surface area (Å²) < 4.78 is 41.5. The van der Waals surface area contributed by atoms with Crippen LogP contribution in [0.3, 0.4) is 0 Å². The second kappa shape index (κ2) is 12.1. The van der Waals surface area contributed by atoms with Crippen molar-refractivity contribution in [3.63, 3.8) is 0 Å². The second-order valence-corrected chi connectivity index (χ2v) is 11.3. The summed E-state index contributed by atoms with van der Waals surface area (Å²) in [6.07, 6.45) is 4.35. The van der Waals surface area contributed by atoms with Crippen LogP contribution in [0.5, 0.6) is 0 Å². The monoisotopic (exact) mass is 582 g/mol. The minimum atomic E-state index is -1.50. The zero-order valence-electron chi connectivity index (χ0n) is 24.0. The molecule has 3 heterocycles. The summed E-state index contributed by atoms with van der Waals surface area (Å²) in [6, 6.07) is 22.0. The Balaban J connectivity index is 1.23. The molecule has 5 nitrogen and oxygen atoms in total. The highest BCUT2D eigenvalue weighted by molar-refractivity contribution is 6.16. The molecule has 43 heavy (non-hydrogen) atoms. The summed E-state index contributed by atoms with van der Waals surface area (Å²) in [4.78, 5) is 28.1. The highest BCUT2D eigenvalue weighted by atomic mass is 19.1. The second-order valence-electron chi connectivity index (χ2n) is 11.3. The minimum absolute atomic E-state index is 0.202. The number of aryl methyl sites for hydroxylation is 1. The smallest absolute Gasteiger partial charge is 0.265 e. The SMILES string of the molecule is Cc1cc(F)ccc1C1CCN(CCCN2C(=O)C(c3ccc(F)cc3)(c3ccc(F)cc3)N=C2c2ccccn2)CC1. The first-order chi connectivity index (χ1) is 20.8. The molecule has 1 amide bonds. The quantitative estimate of drug-likeness (QED) is 0.235. The van der Waals surface area contributed by atoms with Gasteiger partial charge in [-0.25, -0.2) is 18.2 Å². The van der Waals surface area contributed by atoms with E-state index in [9.17, 15) is 18.0 Å². The van der Waals surface area contributed by atoms with Gasteiger partial charge in [-0.05, 0) is 123 Å². The van der Waals surface area contributed by atoms with Crippen LogP contribution in [0.15, 0.2) is 96.1 Å². The normalized spacial score (nSPS) is 17.3. The number of amidine groups is 1. The molecular formula is C35H33F3N4O. The summed E-state index contributed by atoms with van der Waals surface area (Å²) in [5, 5.41) is 0. The molecule has 0 bridgehead atoms. The molecule has 4 aromatic rings. The molecule has 0 spiro atoms. The maximum absolute atomic E-state index is 14.5. The highest BCUT2D eigenvalue weighted by Gasteiger charge is 2.51. The Labute approximate surface area is 249 Å². The molecule has 6 rings (SSSR count). The lowest BCUT2D eigenvalue weighted by molar-refractivity contribution is -0.130. The number of hydrogen-bond donors (Lipinski definition) is 0. The fraction of sp³-hybridized carbons (Fsp3) is 0.286. The maximum Gasteiger partial charge on any atom is 0.265 e. The van der Waals surface area contributed by atoms with Gasteiger partial charge in [0.25, 0.3) is 5.91 Å². The number of piperidine rings is 1.